The standard InChI is InChI=1S/C12H22N2O3/c1-9(15)14-7-6-10(8-14)13(5)11(16)17-12(2,3)4/h10H,6-8H2,1-5H3. The molecule has 0 aromatic rings. The van der Waals surface area contributed by atoms with E-state index in [-0.39, 0.29) is 18.0 Å². The molecule has 17 heavy (non-hydrogen) atoms. The van der Waals surface area contributed by atoms with Crippen molar-refractivity contribution < 1.29 is 14.3 Å². The number of ether oxygens (including phenoxy) is 1. The first-order valence-electron chi connectivity index (χ1n) is 5.92. The Kier molecular flexibility index (Phi) is 4.01. The van der Waals surface area contributed by atoms with Crippen LogP contribution in [0.5, 0.6) is 0 Å². The maximum atomic E-state index is 11.8. The predicted molar refractivity (Wildman–Crippen MR) is 64.7 cm³/mol. The zero-order chi connectivity index (χ0) is 13.2. The molecule has 1 rings (SSSR count). The van der Waals surface area contributed by atoms with E-state index in [9.17, 15) is 9.59 Å². The van der Waals surface area contributed by atoms with Gasteiger partial charge in [-0.25, -0.2) is 4.79 Å². The van der Waals surface area contributed by atoms with Gasteiger partial charge in [-0.15, -0.1) is 0 Å². The molecule has 0 radical (unpaired) electrons. The van der Waals surface area contributed by atoms with Crippen LogP contribution in [0, 0.1) is 0 Å². The van der Waals surface area contributed by atoms with Gasteiger partial charge in [0, 0.05) is 27.1 Å². The number of nitrogens with zero attached hydrogens (tertiary/aromatic N) is 2. The van der Waals surface area contributed by atoms with Gasteiger partial charge >= 0.3 is 6.09 Å². The minimum atomic E-state index is -0.482. The smallest absolute Gasteiger partial charge is 0.410 e. The fourth-order valence-electron chi connectivity index (χ4n) is 1.83. The number of amides is 2. The van der Waals surface area contributed by atoms with Crippen LogP contribution in [-0.2, 0) is 9.53 Å². The van der Waals surface area contributed by atoms with Crippen molar-refractivity contribution in [2.45, 2.75) is 45.8 Å². The summed E-state index contributed by atoms with van der Waals surface area (Å²) in [6.45, 7) is 8.40. The Labute approximate surface area is 103 Å². The van der Waals surface area contributed by atoms with Gasteiger partial charge in [0.2, 0.25) is 5.91 Å². The first kappa shape index (κ1) is 13.8. The maximum Gasteiger partial charge on any atom is 0.410 e. The van der Waals surface area contributed by atoms with Gasteiger partial charge in [-0.2, -0.15) is 0 Å². The van der Waals surface area contributed by atoms with Crippen LogP contribution in [0.3, 0.4) is 0 Å². The van der Waals surface area contributed by atoms with E-state index in [1.54, 1.807) is 23.8 Å². The van der Waals surface area contributed by atoms with Crippen molar-refractivity contribution >= 4 is 12.0 Å². The van der Waals surface area contributed by atoms with Gasteiger partial charge in [-0.05, 0) is 27.2 Å². The van der Waals surface area contributed by atoms with Gasteiger partial charge in [0.25, 0.3) is 0 Å². The fraction of sp³-hybridized carbons (Fsp3) is 0.833. The van der Waals surface area contributed by atoms with Crippen molar-refractivity contribution in [3.8, 4) is 0 Å². The third-order valence-corrected chi connectivity index (χ3v) is 2.84. The molecule has 5 heteroatoms. The SMILES string of the molecule is CC(=O)N1CCC(N(C)C(=O)OC(C)(C)C)C1. The highest BCUT2D eigenvalue weighted by atomic mass is 16.6. The molecule has 1 aliphatic rings. The van der Waals surface area contributed by atoms with Crippen molar-refractivity contribution in [1.82, 2.24) is 9.80 Å². The molecule has 0 saturated carbocycles. The Balaban J connectivity index is 2.52. The van der Waals surface area contributed by atoms with Gasteiger partial charge in [-0.1, -0.05) is 0 Å². The predicted octanol–water partition coefficient (Wildman–Crippen LogP) is 1.47. The van der Waals surface area contributed by atoms with E-state index in [2.05, 4.69) is 0 Å². The third-order valence-electron chi connectivity index (χ3n) is 2.84. The highest BCUT2D eigenvalue weighted by Gasteiger charge is 2.31. The van der Waals surface area contributed by atoms with Crippen molar-refractivity contribution in [3.63, 3.8) is 0 Å². The van der Waals surface area contributed by atoms with E-state index in [4.69, 9.17) is 4.74 Å². The minimum Gasteiger partial charge on any atom is -0.444 e. The molecule has 5 nitrogen and oxygen atoms in total. The van der Waals surface area contributed by atoms with Crippen LogP contribution in [0.1, 0.15) is 34.1 Å². The van der Waals surface area contributed by atoms with Gasteiger partial charge in [0.05, 0.1) is 6.04 Å². The first-order valence-corrected chi connectivity index (χ1v) is 5.92. The topological polar surface area (TPSA) is 49.9 Å². The molecule has 1 saturated heterocycles. The number of hydrogen-bond acceptors (Lipinski definition) is 3. The third kappa shape index (κ3) is 3.91. The molecule has 1 heterocycles. The molecule has 1 atom stereocenters. The summed E-state index contributed by atoms with van der Waals surface area (Å²) in [6, 6.07) is 0.0637. The summed E-state index contributed by atoms with van der Waals surface area (Å²) < 4.78 is 5.29. The van der Waals surface area contributed by atoms with E-state index < -0.39 is 5.60 Å². The van der Waals surface area contributed by atoms with Crippen LogP contribution in [0.2, 0.25) is 0 Å². The van der Waals surface area contributed by atoms with Crippen LogP contribution in [0.4, 0.5) is 4.79 Å². The maximum absolute atomic E-state index is 11.8. The molecule has 0 N–H and O–H groups in total. The summed E-state index contributed by atoms with van der Waals surface area (Å²) >= 11 is 0. The second kappa shape index (κ2) is 4.94. The highest BCUT2D eigenvalue weighted by molar-refractivity contribution is 5.74. The molecule has 1 aliphatic heterocycles. The number of carbonyl (C=O) groups excluding carboxylic acids is 2. The van der Waals surface area contributed by atoms with Crippen LogP contribution < -0.4 is 0 Å². The number of hydrogen-bond donors (Lipinski definition) is 0. The van der Waals surface area contributed by atoms with Gasteiger partial charge < -0.3 is 14.5 Å². The van der Waals surface area contributed by atoms with E-state index in [0.29, 0.717) is 13.1 Å². The second-order valence-corrected chi connectivity index (χ2v) is 5.50. The molecular formula is C12H22N2O3. The summed E-state index contributed by atoms with van der Waals surface area (Å²) in [5.41, 5.74) is -0.482. The molecular weight excluding hydrogens is 220 g/mol. The summed E-state index contributed by atoms with van der Waals surface area (Å²) in [4.78, 5) is 26.4. The fourth-order valence-corrected chi connectivity index (χ4v) is 1.83. The zero-order valence-electron chi connectivity index (χ0n) is 11.3. The van der Waals surface area contributed by atoms with E-state index >= 15 is 0 Å². The van der Waals surface area contributed by atoms with E-state index in [1.807, 2.05) is 20.8 Å². The van der Waals surface area contributed by atoms with Gasteiger partial charge in [-0.3, -0.25) is 4.79 Å². The highest BCUT2D eigenvalue weighted by Crippen LogP contribution is 2.17. The number of carbonyl (C=O) groups is 2. The van der Waals surface area contributed by atoms with Crippen molar-refractivity contribution in [2.24, 2.45) is 0 Å². The normalized spacial score (nSPS) is 20.3. The molecule has 98 valence electrons. The largest absolute Gasteiger partial charge is 0.444 e. The van der Waals surface area contributed by atoms with Gasteiger partial charge in [0.15, 0.2) is 0 Å². The first-order chi connectivity index (χ1) is 7.70. The van der Waals surface area contributed by atoms with E-state index in [0.717, 1.165) is 6.42 Å². The molecule has 1 unspecified atom stereocenters. The second-order valence-electron chi connectivity index (χ2n) is 5.50. The van der Waals surface area contributed by atoms with Crippen LogP contribution in [0.25, 0.3) is 0 Å². The quantitative estimate of drug-likeness (QED) is 0.699. The molecule has 0 aliphatic carbocycles. The Hall–Kier alpha value is -1.26. The molecule has 2 amide bonds. The molecule has 1 fully saturated rings. The van der Waals surface area contributed by atoms with Crippen LogP contribution in [0.15, 0.2) is 0 Å². The van der Waals surface area contributed by atoms with Gasteiger partial charge in [0.1, 0.15) is 5.60 Å². The minimum absolute atomic E-state index is 0.0603. The lowest BCUT2D eigenvalue weighted by molar-refractivity contribution is -0.127. The Morgan fingerprint density at radius 2 is 1.94 bits per heavy atom. The molecule has 0 bridgehead atoms. The monoisotopic (exact) mass is 242 g/mol. The average Bonchev–Trinajstić information content (AvgIpc) is 2.62. The van der Waals surface area contributed by atoms with Crippen LogP contribution in [-0.4, -0.2) is 53.6 Å². The molecule has 0 aromatic carbocycles. The lowest BCUT2D eigenvalue weighted by Crippen LogP contribution is -2.42. The lowest BCUT2D eigenvalue weighted by atomic mass is 10.2. The Bertz CT molecular complexity index is 309. The molecule has 0 spiro atoms. The Morgan fingerprint density at radius 1 is 1.35 bits per heavy atom. The number of likely N-dealkylation sites (tertiary alicyclic amines) is 1. The average molecular weight is 242 g/mol. The molecule has 0 aromatic heterocycles. The number of rotatable bonds is 1. The summed E-state index contributed by atoms with van der Waals surface area (Å²) in [5, 5.41) is 0. The lowest BCUT2D eigenvalue weighted by Gasteiger charge is -2.28. The van der Waals surface area contributed by atoms with Crippen molar-refractivity contribution in [3.05, 3.63) is 0 Å². The Morgan fingerprint density at radius 3 is 2.35 bits per heavy atom. The summed E-state index contributed by atoms with van der Waals surface area (Å²) in [5.74, 6) is 0.0603. The summed E-state index contributed by atoms with van der Waals surface area (Å²) in [7, 11) is 1.72. The van der Waals surface area contributed by atoms with E-state index in [1.165, 1.54) is 0 Å². The summed E-state index contributed by atoms with van der Waals surface area (Å²) in [6.07, 6.45) is 0.489. The number of likely N-dealkylation sites (N-methyl/N-ethyl adjacent to an activating group) is 1. The van der Waals surface area contributed by atoms with Crippen molar-refractivity contribution in [2.75, 3.05) is 20.1 Å². The zero-order valence-corrected chi connectivity index (χ0v) is 11.3. The van der Waals surface area contributed by atoms with Crippen LogP contribution >= 0.6 is 0 Å². The van der Waals surface area contributed by atoms with Crippen molar-refractivity contribution in [1.29, 1.82) is 0 Å².